The zero-order chi connectivity index (χ0) is 25.4. The smallest absolute Gasteiger partial charge is 0.451 e. The van der Waals surface area contributed by atoms with Crippen LogP contribution >= 0.6 is 0 Å². The van der Waals surface area contributed by atoms with Crippen LogP contribution in [0.25, 0.3) is 11.3 Å². The van der Waals surface area contributed by atoms with Crippen molar-refractivity contribution in [3.05, 3.63) is 41.6 Å². The van der Waals surface area contributed by atoms with E-state index in [4.69, 9.17) is 0 Å². The van der Waals surface area contributed by atoms with Gasteiger partial charge in [0.05, 0.1) is 17.3 Å². The predicted octanol–water partition coefficient (Wildman–Crippen LogP) is 3.67. The van der Waals surface area contributed by atoms with Crippen LogP contribution < -0.4 is 5.32 Å². The number of carboxylic acid groups (broad SMARTS) is 1. The average Bonchev–Trinajstić information content (AvgIpc) is 3.05. The van der Waals surface area contributed by atoms with Gasteiger partial charge in [0.1, 0.15) is 12.2 Å². The summed E-state index contributed by atoms with van der Waals surface area (Å²) in [4.78, 5) is 34.3. The molecule has 8 nitrogen and oxygen atoms in total. The number of nitrogens with one attached hydrogen (secondary N) is 1. The fourth-order valence-electron chi connectivity index (χ4n) is 3.49. The molecule has 1 aliphatic heterocycles. The van der Waals surface area contributed by atoms with E-state index in [2.05, 4.69) is 20.3 Å². The Kier molecular flexibility index (Phi) is 6.66. The molecule has 2 amide bonds. The molecule has 3 heterocycles. The molecule has 1 aliphatic rings. The number of hydrogen-bond donors (Lipinski definition) is 2. The molecule has 3 atom stereocenters. The number of halogens is 7. The maximum Gasteiger partial charge on any atom is 0.451 e. The van der Waals surface area contributed by atoms with E-state index in [9.17, 15) is 45.4 Å². The first-order chi connectivity index (χ1) is 15.7. The molecular formula is C19H16F7N5O3. The summed E-state index contributed by atoms with van der Waals surface area (Å²) in [7, 11) is 0. The second-order valence-electron chi connectivity index (χ2n) is 7.43. The summed E-state index contributed by atoms with van der Waals surface area (Å²) in [5, 5.41) is 11.4. The third kappa shape index (κ3) is 5.17. The maximum atomic E-state index is 13.9. The molecule has 0 aliphatic carbocycles. The Labute approximate surface area is 186 Å². The van der Waals surface area contributed by atoms with E-state index in [1.807, 2.05) is 0 Å². The number of alkyl halides is 7. The van der Waals surface area contributed by atoms with Gasteiger partial charge in [0.25, 0.3) is 0 Å². The van der Waals surface area contributed by atoms with Gasteiger partial charge in [-0.25, -0.2) is 19.2 Å². The lowest BCUT2D eigenvalue weighted by Gasteiger charge is -2.24. The van der Waals surface area contributed by atoms with Gasteiger partial charge in [-0.05, 0) is 18.6 Å². The second kappa shape index (κ2) is 9.02. The van der Waals surface area contributed by atoms with Crippen molar-refractivity contribution in [2.24, 2.45) is 0 Å². The Bertz CT molecular complexity index is 1080. The standard InChI is InChI=1S/C19H16F7N5O3/c1-8-12(20)3-14(31(8)17(33)34)15(32)28-4-9-2-13(27-7-11(9)18(21,22)23)10-5-29-16(30-6-10)19(24,25)26/h2,5-8,12,14H,3-4H2,1H3,(H,28,32)(H,33,34)/t8-,12-,14-/m1/s1. The molecule has 0 spiro atoms. The van der Waals surface area contributed by atoms with Crippen molar-refractivity contribution in [2.75, 3.05) is 0 Å². The van der Waals surface area contributed by atoms with Gasteiger partial charge in [-0.2, -0.15) is 26.3 Å². The first-order valence-electron chi connectivity index (χ1n) is 9.59. The van der Waals surface area contributed by atoms with E-state index < -0.39 is 72.5 Å². The molecule has 2 aromatic rings. The van der Waals surface area contributed by atoms with Crippen molar-refractivity contribution in [1.29, 1.82) is 0 Å². The average molecular weight is 495 g/mol. The summed E-state index contributed by atoms with van der Waals surface area (Å²) in [6.07, 6.45) is -11.5. The molecule has 3 rings (SSSR count). The summed E-state index contributed by atoms with van der Waals surface area (Å²) in [6.45, 7) is 0.523. The number of hydrogen-bond acceptors (Lipinski definition) is 5. The highest BCUT2D eigenvalue weighted by atomic mass is 19.4. The molecule has 0 aromatic carbocycles. The van der Waals surface area contributed by atoms with Crippen LogP contribution in [0.15, 0.2) is 24.7 Å². The molecule has 0 bridgehead atoms. The fraction of sp³-hybridized carbons (Fsp3) is 0.421. The minimum absolute atomic E-state index is 0.115. The highest BCUT2D eigenvalue weighted by molar-refractivity contribution is 5.86. The molecule has 15 heteroatoms. The third-order valence-electron chi connectivity index (χ3n) is 5.22. The van der Waals surface area contributed by atoms with Gasteiger partial charge in [0, 0.05) is 37.1 Å². The van der Waals surface area contributed by atoms with E-state index in [0.717, 1.165) is 18.5 Å². The zero-order valence-corrected chi connectivity index (χ0v) is 17.2. The molecule has 0 radical (unpaired) electrons. The SMILES string of the molecule is C[C@@H]1[C@H](F)C[C@H](C(=O)NCc2cc(-c3cnc(C(F)(F)F)nc3)ncc2C(F)(F)F)N1C(=O)O. The predicted molar refractivity (Wildman–Crippen MR) is 99.7 cm³/mol. The topological polar surface area (TPSA) is 108 Å². The van der Waals surface area contributed by atoms with E-state index in [-0.39, 0.29) is 11.3 Å². The third-order valence-corrected chi connectivity index (χ3v) is 5.22. The Balaban J connectivity index is 1.86. The zero-order valence-electron chi connectivity index (χ0n) is 17.2. The van der Waals surface area contributed by atoms with Crippen LogP contribution in [-0.4, -0.2) is 55.2 Å². The summed E-state index contributed by atoms with van der Waals surface area (Å²) in [6, 6.07) is -1.67. The Morgan fingerprint density at radius 1 is 1.09 bits per heavy atom. The molecule has 1 fully saturated rings. The van der Waals surface area contributed by atoms with Crippen LogP contribution in [0.1, 0.15) is 30.3 Å². The lowest BCUT2D eigenvalue weighted by Crippen LogP contribution is -2.48. The van der Waals surface area contributed by atoms with Gasteiger partial charge in [-0.1, -0.05) is 0 Å². The summed E-state index contributed by atoms with van der Waals surface area (Å²) in [5.74, 6) is -2.45. The fourth-order valence-corrected chi connectivity index (χ4v) is 3.49. The second-order valence-corrected chi connectivity index (χ2v) is 7.43. The Hall–Kier alpha value is -3.52. The van der Waals surface area contributed by atoms with Gasteiger partial charge in [-0.15, -0.1) is 0 Å². The molecule has 1 saturated heterocycles. The molecule has 0 saturated carbocycles. The molecule has 2 N–H and O–H groups in total. The normalized spacial score (nSPS) is 20.9. The van der Waals surface area contributed by atoms with Gasteiger partial charge < -0.3 is 10.4 Å². The molecule has 184 valence electrons. The van der Waals surface area contributed by atoms with Gasteiger partial charge in [0.2, 0.25) is 11.7 Å². The highest BCUT2D eigenvalue weighted by Gasteiger charge is 2.45. The van der Waals surface area contributed by atoms with Crippen LogP contribution in [0, 0.1) is 0 Å². The molecule has 34 heavy (non-hydrogen) atoms. The van der Waals surface area contributed by atoms with Crippen LogP contribution in [0.4, 0.5) is 35.5 Å². The van der Waals surface area contributed by atoms with Crippen molar-refractivity contribution in [3.63, 3.8) is 0 Å². The minimum Gasteiger partial charge on any atom is -0.465 e. The first-order valence-corrected chi connectivity index (χ1v) is 9.59. The number of pyridine rings is 1. The highest BCUT2D eigenvalue weighted by Crippen LogP contribution is 2.34. The molecule has 2 aromatic heterocycles. The summed E-state index contributed by atoms with van der Waals surface area (Å²) < 4.78 is 92.1. The van der Waals surface area contributed by atoms with Gasteiger partial charge in [0.15, 0.2) is 0 Å². The lowest BCUT2D eigenvalue weighted by molar-refractivity contribution is -0.145. The van der Waals surface area contributed by atoms with Gasteiger partial charge >= 0.3 is 18.4 Å². The van der Waals surface area contributed by atoms with E-state index in [0.29, 0.717) is 11.1 Å². The number of nitrogens with zero attached hydrogens (tertiary/aromatic N) is 4. The van der Waals surface area contributed by atoms with Crippen molar-refractivity contribution in [3.8, 4) is 11.3 Å². The molecular weight excluding hydrogens is 479 g/mol. The summed E-state index contributed by atoms with van der Waals surface area (Å²) >= 11 is 0. The van der Waals surface area contributed by atoms with Crippen LogP contribution in [0.5, 0.6) is 0 Å². The van der Waals surface area contributed by atoms with Crippen LogP contribution in [0.2, 0.25) is 0 Å². The number of carbonyl (C=O) groups excluding carboxylic acids is 1. The van der Waals surface area contributed by atoms with Crippen molar-refractivity contribution in [2.45, 2.75) is 50.5 Å². The monoisotopic (exact) mass is 495 g/mol. The van der Waals surface area contributed by atoms with E-state index >= 15 is 0 Å². The Morgan fingerprint density at radius 2 is 1.71 bits per heavy atom. The van der Waals surface area contributed by atoms with Crippen LogP contribution in [0.3, 0.4) is 0 Å². The van der Waals surface area contributed by atoms with Gasteiger partial charge in [-0.3, -0.25) is 14.7 Å². The van der Waals surface area contributed by atoms with Crippen LogP contribution in [-0.2, 0) is 23.7 Å². The lowest BCUT2D eigenvalue weighted by atomic mass is 10.1. The number of amides is 2. The van der Waals surface area contributed by atoms with Crippen molar-refractivity contribution >= 4 is 12.0 Å². The van der Waals surface area contributed by atoms with E-state index in [1.54, 1.807) is 0 Å². The van der Waals surface area contributed by atoms with Crippen molar-refractivity contribution < 1.29 is 45.4 Å². The molecule has 0 unspecified atom stereocenters. The minimum atomic E-state index is -4.89. The quantitative estimate of drug-likeness (QED) is 0.627. The largest absolute Gasteiger partial charge is 0.465 e. The number of rotatable bonds is 4. The maximum absolute atomic E-state index is 13.9. The first kappa shape index (κ1) is 25.1. The summed E-state index contributed by atoms with van der Waals surface area (Å²) in [5.41, 5.74) is -2.05. The van der Waals surface area contributed by atoms with Crippen molar-refractivity contribution in [1.82, 2.24) is 25.2 Å². The number of likely N-dealkylation sites (tertiary alicyclic amines) is 1. The number of aromatic nitrogens is 3. The Morgan fingerprint density at radius 3 is 2.24 bits per heavy atom. The van der Waals surface area contributed by atoms with E-state index in [1.165, 1.54) is 6.92 Å². The number of carbonyl (C=O) groups is 2.